The lowest BCUT2D eigenvalue weighted by molar-refractivity contribution is -0.122. The fraction of sp³-hybridized carbons (Fsp3) is 0.333. The molecule has 0 aliphatic heterocycles. The van der Waals surface area contributed by atoms with Crippen LogP contribution in [0, 0.1) is 5.92 Å². The van der Waals surface area contributed by atoms with Crippen LogP contribution in [-0.4, -0.2) is 17.0 Å². The van der Waals surface area contributed by atoms with Crippen molar-refractivity contribution in [2.45, 2.75) is 13.5 Å². The number of amides is 1. The van der Waals surface area contributed by atoms with Crippen LogP contribution in [0.1, 0.15) is 11.8 Å². The Labute approximate surface area is 105 Å². The molecule has 0 aliphatic carbocycles. The summed E-state index contributed by atoms with van der Waals surface area (Å²) in [4.78, 5) is 12.6. The summed E-state index contributed by atoms with van der Waals surface area (Å²) in [7, 11) is 0. The molecule has 1 rings (SSSR count). The van der Waals surface area contributed by atoms with Crippen LogP contribution in [0.5, 0.6) is 0 Å². The molecule has 16 heavy (non-hydrogen) atoms. The standard InChI is InChI=1S/C9H12BrN3O2S/c1-5(8(11)13-15)9(14)12-4-6-2-3-7(10)16-6/h2-3,5,15H,4H2,1H3,(H2,11,13)(H,12,14). The fourth-order valence-electron chi connectivity index (χ4n) is 0.995. The molecular formula is C9H12BrN3O2S. The van der Waals surface area contributed by atoms with Crippen molar-refractivity contribution < 1.29 is 10.0 Å². The van der Waals surface area contributed by atoms with Gasteiger partial charge >= 0.3 is 0 Å². The van der Waals surface area contributed by atoms with E-state index in [9.17, 15) is 4.79 Å². The molecule has 0 fully saturated rings. The van der Waals surface area contributed by atoms with Crippen molar-refractivity contribution in [2.75, 3.05) is 0 Å². The lowest BCUT2D eigenvalue weighted by atomic mass is 10.1. The average molecular weight is 306 g/mol. The molecule has 0 aromatic carbocycles. The molecule has 0 bridgehead atoms. The molecule has 4 N–H and O–H groups in total. The zero-order valence-electron chi connectivity index (χ0n) is 8.61. The van der Waals surface area contributed by atoms with Gasteiger partial charge in [0.05, 0.1) is 16.2 Å². The first-order valence-corrected chi connectivity index (χ1v) is 6.15. The van der Waals surface area contributed by atoms with Gasteiger partial charge in [-0.25, -0.2) is 0 Å². The Hall–Kier alpha value is -1.08. The molecule has 1 aromatic rings. The van der Waals surface area contributed by atoms with E-state index in [1.807, 2.05) is 12.1 Å². The second-order valence-electron chi connectivity index (χ2n) is 3.17. The maximum absolute atomic E-state index is 11.5. The van der Waals surface area contributed by atoms with Crippen LogP contribution in [-0.2, 0) is 11.3 Å². The number of hydrogen-bond donors (Lipinski definition) is 3. The topological polar surface area (TPSA) is 87.7 Å². The highest BCUT2D eigenvalue weighted by atomic mass is 79.9. The molecule has 1 heterocycles. The number of carbonyl (C=O) groups is 1. The number of oxime groups is 1. The van der Waals surface area contributed by atoms with E-state index in [4.69, 9.17) is 10.9 Å². The van der Waals surface area contributed by atoms with Crippen molar-refractivity contribution in [1.82, 2.24) is 5.32 Å². The fourth-order valence-corrected chi connectivity index (χ4v) is 2.42. The lowest BCUT2D eigenvalue weighted by Crippen LogP contribution is -2.36. The summed E-state index contributed by atoms with van der Waals surface area (Å²) >= 11 is 4.88. The molecule has 1 amide bonds. The van der Waals surface area contributed by atoms with E-state index in [1.165, 1.54) is 0 Å². The zero-order valence-corrected chi connectivity index (χ0v) is 11.0. The molecule has 0 saturated heterocycles. The van der Waals surface area contributed by atoms with Gasteiger partial charge in [-0.05, 0) is 35.0 Å². The molecule has 7 heteroatoms. The average Bonchev–Trinajstić information content (AvgIpc) is 2.69. The first-order valence-electron chi connectivity index (χ1n) is 4.54. The third-order valence-corrected chi connectivity index (χ3v) is 3.64. The van der Waals surface area contributed by atoms with Crippen LogP contribution in [0.15, 0.2) is 21.1 Å². The van der Waals surface area contributed by atoms with Crippen LogP contribution in [0.3, 0.4) is 0 Å². The van der Waals surface area contributed by atoms with Gasteiger partial charge in [0, 0.05) is 4.88 Å². The minimum atomic E-state index is -0.631. The number of hydrogen-bond acceptors (Lipinski definition) is 4. The molecule has 1 atom stereocenters. The highest BCUT2D eigenvalue weighted by molar-refractivity contribution is 9.11. The van der Waals surface area contributed by atoms with E-state index in [0.717, 1.165) is 8.66 Å². The van der Waals surface area contributed by atoms with Gasteiger partial charge in [0.1, 0.15) is 0 Å². The first-order chi connectivity index (χ1) is 7.54. The molecule has 0 aliphatic rings. The van der Waals surface area contributed by atoms with Crippen molar-refractivity contribution >= 4 is 39.0 Å². The van der Waals surface area contributed by atoms with Gasteiger partial charge in [0.2, 0.25) is 5.91 Å². The second-order valence-corrected chi connectivity index (χ2v) is 5.72. The van der Waals surface area contributed by atoms with E-state index < -0.39 is 5.92 Å². The molecule has 0 spiro atoms. The third kappa shape index (κ3) is 3.49. The summed E-state index contributed by atoms with van der Waals surface area (Å²) in [5, 5.41) is 13.9. The maximum atomic E-state index is 11.5. The minimum absolute atomic E-state index is 0.0927. The van der Waals surface area contributed by atoms with Gasteiger partial charge in [0.25, 0.3) is 0 Å². The normalized spacial score (nSPS) is 13.5. The summed E-state index contributed by atoms with van der Waals surface area (Å²) in [6, 6.07) is 3.84. The van der Waals surface area contributed by atoms with E-state index in [1.54, 1.807) is 18.3 Å². The Balaban J connectivity index is 2.47. The first kappa shape index (κ1) is 13.0. The number of nitrogens with one attached hydrogen (secondary N) is 1. The van der Waals surface area contributed by atoms with Gasteiger partial charge in [0.15, 0.2) is 5.84 Å². The lowest BCUT2D eigenvalue weighted by Gasteiger charge is -2.09. The summed E-state index contributed by atoms with van der Waals surface area (Å²) in [6.45, 7) is 2.02. The Morgan fingerprint density at radius 1 is 1.75 bits per heavy atom. The molecule has 0 radical (unpaired) electrons. The summed E-state index contributed by atoms with van der Waals surface area (Å²) in [6.07, 6.45) is 0. The predicted octanol–water partition coefficient (Wildman–Crippen LogP) is 1.51. The maximum Gasteiger partial charge on any atom is 0.230 e. The number of thiophene rings is 1. The smallest absolute Gasteiger partial charge is 0.230 e. The van der Waals surface area contributed by atoms with Crippen LogP contribution >= 0.6 is 27.3 Å². The highest BCUT2D eigenvalue weighted by Crippen LogP contribution is 2.21. The number of halogens is 1. The summed E-state index contributed by atoms with van der Waals surface area (Å²) in [5.41, 5.74) is 5.32. The van der Waals surface area contributed by atoms with Crippen LogP contribution in [0.4, 0.5) is 0 Å². The summed E-state index contributed by atoms with van der Waals surface area (Å²) < 4.78 is 1.02. The van der Waals surface area contributed by atoms with Crippen molar-refractivity contribution in [2.24, 2.45) is 16.8 Å². The van der Waals surface area contributed by atoms with Crippen molar-refractivity contribution in [3.63, 3.8) is 0 Å². The van der Waals surface area contributed by atoms with Gasteiger partial charge in [-0.1, -0.05) is 5.16 Å². The molecule has 5 nitrogen and oxygen atoms in total. The number of amidine groups is 1. The van der Waals surface area contributed by atoms with E-state index in [-0.39, 0.29) is 11.7 Å². The second kappa shape index (κ2) is 5.86. The number of rotatable bonds is 4. The van der Waals surface area contributed by atoms with Gasteiger partial charge in [-0.2, -0.15) is 0 Å². The van der Waals surface area contributed by atoms with Crippen LogP contribution in [0.25, 0.3) is 0 Å². The zero-order chi connectivity index (χ0) is 12.1. The number of carbonyl (C=O) groups excluding carboxylic acids is 1. The SMILES string of the molecule is CC(C(=O)NCc1ccc(Br)s1)C(N)=NO. The monoisotopic (exact) mass is 305 g/mol. The molecule has 0 saturated carbocycles. The third-order valence-electron chi connectivity index (χ3n) is 2.02. The summed E-state index contributed by atoms with van der Waals surface area (Å²) in [5.74, 6) is -0.988. The Morgan fingerprint density at radius 2 is 2.44 bits per heavy atom. The number of nitrogens with zero attached hydrogens (tertiary/aromatic N) is 1. The number of nitrogens with two attached hydrogens (primary N) is 1. The van der Waals surface area contributed by atoms with E-state index >= 15 is 0 Å². The van der Waals surface area contributed by atoms with Crippen LogP contribution < -0.4 is 11.1 Å². The van der Waals surface area contributed by atoms with Crippen molar-refractivity contribution in [1.29, 1.82) is 0 Å². The Kier molecular flexibility index (Phi) is 4.75. The van der Waals surface area contributed by atoms with Crippen LogP contribution in [0.2, 0.25) is 0 Å². The predicted molar refractivity (Wildman–Crippen MR) is 66.4 cm³/mol. The Morgan fingerprint density at radius 3 is 2.94 bits per heavy atom. The highest BCUT2D eigenvalue weighted by Gasteiger charge is 2.17. The minimum Gasteiger partial charge on any atom is -0.409 e. The quantitative estimate of drug-likeness (QED) is 0.341. The van der Waals surface area contributed by atoms with Crippen molar-refractivity contribution in [3.8, 4) is 0 Å². The molecular weight excluding hydrogens is 294 g/mol. The van der Waals surface area contributed by atoms with Gasteiger partial charge in [-0.15, -0.1) is 11.3 Å². The molecule has 1 unspecified atom stereocenters. The Bertz CT molecular complexity index is 405. The van der Waals surface area contributed by atoms with E-state index in [0.29, 0.717) is 6.54 Å². The largest absolute Gasteiger partial charge is 0.409 e. The molecule has 1 aromatic heterocycles. The van der Waals surface area contributed by atoms with E-state index in [2.05, 4.69) is 26.4 Å². The van der Waals surface area contributed by atoms with Gasteiger partial charge in [-0.3, -0.25) is 4.79 Å². The molecule has 88 valence electrons. The van der Waals surface area contributed by atoms with Crippen molar-refractivity contribution in [3.05, 3.63) is 20.8 Å². The van der Waals surface area contributed by atoms with Gasteiger partial charge < -0.3 is 16.3 Å².